The Morgan fingerprint density at radius 3 is 2.46 bits per heavy atom. The highest BCUT2D eigenvalue weighted by Crippen LogP contribution is 2.38. The van der Waals surface area contributed by atoms with Crippen LogP contribution >= 0.6 is 11.6 Å². The average Bonchev–Trinajstić information content (AvgIpc) is 2.86. The number of phenols is 1. The Hall–Kier alpha value is -3.10. The van der Waals surface area contributed by atoms with Gasteiger partial charge in [0.05, 0.1) is 22.6 Å². The monoisotopic (exact) mass is 502 g/mol. The zero-order valence-corrected chi connectivity index (χ0v) is 20.7. The predicted octanol–water partition coefficient (Wildman–Crippen LogP) is 3.64. The molecule has 0 aromatic heterocycles. The van der Waals surface area contributed by atoms with Gasteiger partial charge in [0.15, 0.2) is 5.75 Å². The van der Waals surface area contributed by atoms with Gasteiger partial charge < -0.3 is 25.2 Å². The first kappa shape index (κ1) is 26.5. The van der Waals surface area contributed by atoms with Crippen molar-refractivity contribution in [2.45, 2.75) is 45.6 Å². The van der Waals surface area contributed by atoms with Crippen molar-refractivity contribution in [3.63, 3.8) is 0 Å². The number of phenolic OH excluding ortho intramolecular Hbond substituents is 1. The van der Waals surface area contributed by atoms with Crippen LogP contribution in [-0.4, -0.2) is 48.7 Å². The van der Waals surface area contributed by atoms with Gasteiger partial charge in [0.25, 0.3) is 5.91 Å². The van der Waals surface area contributed by atoms with Crippen LogP contribution in [0, 0.1) is 5.41 Å². The van der Waals surface area contributed by atoms with E-state index in [0.717, 1.165) is 11.6 Å². The van der Waals surface area contributed by atoms with Gasteiger partial charge >= 0.3 is 11.9 Å². The van der Waals surface area contributed by atoms with Crippen LogP contribution in [0.15, 0.2) is 42.5 Å². The van der Waals surface area contributed by atoms with Gasteiger partial charge in [0.1, 0.15) is 11.8 Å². The normalized spacial score (nSPS) is 15.6. The van der Waals surface area contributed by atoms with Crippen LogP contribution in [0.3, 0.4) is 0 Å². The fraction of sp³-hybridized carbons (Fsp3) is 0.423. The summed E-state index contributed by atoms with van der Waals surface area (Å²) in [5.74, 6) is -2.16. The molecule has 8 nitrogen and oxygen atoms in total. The molecule has 1 unspecified atom stereocenters. The van der Waals surface area contributed by atoms with Crippen molar-refractivity contribution in [3.8, 4) is 11.5 Å². The standard InChI is InChI=1S/C26H31ClN2O6/c1-3-26(10-12-28-13-11-26)25(33)35-22-16-21(30)18(15-19(22)27)23(31)29-20(24(32)34-4-2)14-17-8-6-5-7-9-17/h5-9,15-16,20,28,30H,3-4,10-14H2,1-2H3,(H,29,31). The molecule has 0 saturated carbocycles. The van der Waals surface area contributed by atoms with Crippen molar-refractivity contribution in [1.29, 1.82) is 0 Å². The van der Waals surface area contributed by atoms with Gasteiger partial charge in [0.2, 0.25) is 0 Å². The first-order valence-corrected chi connectivity index (χ1v) is 12.1. The van der Waals surface area contributed by atoms with Gasteiger partial charge in [-0.05, 0) is 50.9 Å². The van der Waals surface area contributed by atoms with Crippen LogP contribution in [0.4, 0.5) is 0 Å². The van der Waals surface area contributed by atoms with Gasteiger partial charge in [-0.2, -0.15) is 0 Å². The molecule has 0 bridgehead atoms. The number of piperidine rings is 1. The molecule has 2 aromatic carbocycles. The first-order valence-electron chi connectivity index (χ1n) is 11.8. The molecule has 1 heterocycles. The van der Waals surface area contributed by atoms with Crippen molar-refractivity contribution in [2.24, 2.45) is 5.41 Å². The zero-order valence-electron chi connectivity index (χ0n) is 19.9. The van der Waals surface area contributed by atoms with Crippen LogP contribution in [0.1, 0.15) is 49.0 Å². The lowest BCUT2D eigenvalue weighted by Gasteiger charge is -2.34. The van der Waals surface area contributed by atoms with Crippen molar-refractivity contribution in [1.82, 2.24) is 10.6 Å². The Labute approximate surface area is 210 Å². The molecule has 1 atom stereocenters. The summed E-state index contributed by atoms with van der Waals surface area (Å²) in [6, 6.07) is 10.6. The quantitative estimate of drug-likeness (QED) is 0.354. The highest BCUT2D eigenvalue weighted by molar-refractivity contribution is 6.32. The lowest BCUT2D eigenvalue weighted by Crippen LogP contribution is -2.44. The Morgan fingerprint density at radius 2 is 1.83 bits per heavy atom. The van der Waals surface area contributed by atoms with Crippen LogP contribution in [0.2, 0.25) is 5.02 Å². The number of rotatable bonds is 9. The van der Waals surface area contributed by atoms with E-state index >= 15 is 0 Å². The molecule has 0 radical (unpaired) electrons. The van der Waals surface area contributed by atoms with Crippen molar-refractivity contribution < 1.29 is 29.0 Å². The summed E-state index contributed by atoms with van der Waals surface area (Å²) in [4.78, 5) is 38.4. The van der Waals surface area contributed by atoms with Crippen molar-refractivity contribution >= 4 is 29.4 Å². The van der Waals surface area contributed by atoms with Gasteiger partial charge in [-0.25, -0.2) is 4.79 Å². The summed E-state index contributed by atoms with van der Waals surface area (Å²) in [6.07, 6.45) is 2.12. The summed E-state index contributed by atoms with van der Waals surface area (Å²) < 4.78 is 10.7. The summed E-state index contributed by atoms with van der Waals surface area (Å²) in [5, 5.41) is 16.4. The molecule has 1 aliphatic rings. The topological polar surface area (TPSA) is 114 Å². The van der Waals surface area contributed by atoms with E-state index in [1.54, 1.807) is 6.92 Å². The summed E-state index contributed by atoms with van der Waals surface area (Å²) in [7, 11) is 0. The van der Waals surface area contributed by atoms with Crippen LogP contribution in [-0.2, 0) is 20.7 Å². The molecule has 3 N–H and O–H groups in total. The van der Waals surface area contributed by atoms with Crippen molar-refractivity contribution in [3.05, 3.63) is 58.6 Å². The van der Waals surface area contributed by atoms with Crippen molar-refractivity contribution in [2.75, 3.05) is 19.7 Å². The minimum atomic E-state index is -0.968. The Balaban J connectivity index is 1.77. The zero-order chi connectivity index (χ0) is 25.4. The number of halogens is 1. The minimum absolute atomic E-state index is 0.00256. The average molecular weight is 503 g/mol. The molecule has 2 aromatic rings. The number of carbonyl (C=O) groups is 3. The Kier molecular flexibility index (Phi) is 9.12. The molecular weight excluding hydrogens is 472 g/mol. The number of hydrogen-bond acceptors (Lipinski definition) is 7. The molecule has 1 aliphatic heterocycles. The second-order valence-corrected chi connectivity index (χ2v) is 8.95. The van der Waals surface area contributed by atoms with E-state index in [1.165, 1.54) is 6.07 Å². The van der Waals surface area contributed by atoms with E-state index in [1.807, 2.05) is 37.3 Å². The fourth-order valence-corrected chi connectivity index (χ4v) is 4.34. The number of hydrogen-bond donors (Lipinski definition) is 3. The maximum Gasteiger partial charge on any atom is 0.328 e. The summed E-state index contributed by atoms with van der Waals surface area (Å²) in [6.45, 7) is 5.20. The number of carbonyl (C=O) groups excluding carboxylic acids is 3. The van der Waals surface area contributed by atoms with Crippen LogP contribution < -0.4 is 15.4 Å². The van der Waals surface area contributed by atoms with Crippen LogP contribution in [0.25, 0.3) is 0 Å². The second-order valence-electron chi connectivity index (χ2n) is 8.54. The number of amides is 1. The lowest BCUT2D eigenvalue weighted by molar-refractivity contribution is -0.148. The molecule has 1 saturated heterocycles. The summed E-state index contributed by atoms with van der Waals surface area (Å²) in [5.41, 5.74) is 0.0623. The van der Waals surface area contributed by atoms with Gasteiger partial charge in [-0.3, -0.25) is 9.59 Å². The molecule has 9 heteroatoms. The fourth-order valence-electron chi connectivity index (χ4n) is 4.14. The molecule has 188 valence electrons. The van der Waals surface area contributed by atoms with Gasteiger partial charge in [-0.15, -0.1) is 0 Å². The SMILES string of the molecule is CCOC(=O)C(Cc1ccccc1)NC(=O)c1cc(Cl)c(OC(=O)C2(CC)CCNCC2)cc1O. The minimum Gasteiger partial charge on any atom is -0.507 e. The van der Waals surface area contributed by atoms with Gasteiger partial charge in [-0.1, -0.05) is 48.9 Å². The Morgan fingerprint density at radius 1 is 1.14 bits per heavy atom. The molecule has 0 spiro atoms. The largest absolute Gasteiger partial charge is 0.507 e. The molecule has 0 aliphatic carbocycles. The van der Waals surface area contributed by atoms with E-state index in [-0.39, 0.29) is 29.4 Å². The molecule has 3 rings (SSSR count). The third kappa shape index (κ3) is 6.52. The summed E-state index contributed by atoms with van der Waals surface area (Å²) >= 11 is 6.32. The third-order valence-electron chi connectivity index (χ3n) is 6.33. The molecule has 1 fully saturated rings. The van der Waals surface area contributed by atoms with E-state index in [4.69, 9.17) is 21.1 Å². The number of nitrogens with one attached hydrogen (secondary N) is 2. The maximum atomic E-state index is 13.0. The highest BCUT2D eigenvalue weighted by Gasteiger charge is 2.40. The number of aromatic hydroxyl groups is 1. The van der Waals surface area contributed by atoms with E-state index < -0.39 is 35.1 Å². The van der Waals surface area contributed by atoms with Gasteiger partial charge in [0, 0.05) is 12.5 Å². The van der Waals surface area contributed by atoms with E-state index in [2.05, 4.69) is 10.6 Å². The first-order chi connectivity index (χ1) is 16.8. The second kappa shape index (κ2) is 12.0. The lowest BCUT2D eigenvalue weighted by atomic mass is 9.77. The van der Waals surface area contributed by atoms with E-state index in [9.17, 15) is 19.5 Å². The number of ether oxygens (including phenoxy) is 2. The molecule has 35 heavy (non-hydrogen) atoms. The Bertz CT molecular complexity index is 1050. The van der Waals surface area contributed by atoms with Crippen LogP contribution in [0.5, 0.6) is 11.5 Å². The molecule has 1 amide bonds. The predicted molar refractivity (Wildman–Crippen MR) is 132 cm³/mol. The van der Waals surface area contributed by atoms with E-state index in [0.29, 0.717) is 32.4 Å². The number of benzene rings is 2. The molecular formula is C26H31ClN2O6. The highest BCUT2D eigenvalue weighted by atomic mass is 35.5. The maximum absolute atomic E-state index is 13.0. The number of esters is 2. The smallest absolute Gasteiger partial charge is 0.328 e. The third-order valence-corrected chi connectivity index (χ3v) is 6.62.